The Balaban J connectivity index is 1.56. The Morgan fingerprint density at radius 2 is 2.03 bits per heavy atom. The maximum atomic E-state index is 13.4. The van der Waals surface area contributed by atoms with E-state index in [9.17, 15) is 9.59 Å². The number of anilines is 1. The second-order valence-corrected chi connectivity index (χ2v) is 7.96. The van der Waals surface area contributed by atoms with E-state index < -0.39 is 6.04 Å². The van der Waals surface area contributed by atoms with Gasteiger partial charge in [0.05, 0.1) is 12.7 Å². The van der Waals surface area contributed by atoms with Gasteiger partial charge in [-0.2, -0.15) is 0 Å². The van der Waals surface area contributed by atoms with E-state index in [2.05, 4.69) is 35.2 Å². The molecular formula is C23H33N5O2. The van der Waals surface area contributed by atoms with Crippen molar-refractivity contribution in [1.29, 1.82) is 0 Å². The van der Waals surface area contributed by atoms with Crippen LogP contribution in [0.25, 0.3) is 0 Å². The van der Waals surface area contributed by atoms with Crippen molar-refractivity contribution >= 4 is 17.5 Å². The number of nitrogens with zero attached hydrogens (tertiary/aromatic N) is 4. The molecule has 0 bridgehead atoms. The zero-order valence-electron chi connectivity index (χ0n) is 18.1. The zero-order chi connectivity index (χ0) is 21.3. The molecule has 30 heavy (non-hydrogen) atoms. The lowest BCUT2D eigenvalue weighted by Crippen LogP contribution is -2.39. The van der Waals surface area contributed by atoms with Crippen LogP contribution in [0.4, 0.5) is 5.69 Å². The van der Waals surface area contributed by atoms with Crippen LogP contribution in [-0.4, -0.2) is 59.5 Å². The number of imidazole rings is 1. The SMILES string of the molecule is CCCCN(C)CCCNC(=O)CC(C(=O)N1CCc2ccccc21)n1ccnc1. The highest BCUT2D eigenvalue weighted by Crippen LogP contribution is 2.30. The van der Waals surface area contributed by atoms with Crippen molar-refractivity contribution in [2.45, 2.75) is 45.1 Å². The molecule has 1 unspecified atom stereocenters. The third-order valence-electron chi connectivity index (χ3n) is 5.63. The van der Waals surface area contributed by atoms with Crippen LogP contribution in [0.5, 0.6) is 0 Å². The van der Waals surface area contributed by atoms with E-state index in [1.165, 1.54) is 18.4 Å². The average molecular weight is 412 g/mol. The van der Waals surface area contributed by atoms with Gasteiger partial charge in [-0.3, -0.25) is 9.59 Å². The minimum atomic E-state index is -0.592. The van der Waals surface area contributed by atoms with Gasteiger partial charge in [0.1, 0.15) is 6.04 Å². The Hall–Kier alpha value is -2.67. The molecule has 1 aliphatic rings. The van der Waals surface area contributed by atoms with E-state index in [-0.39, 0.29) is 18.2 Å². The molecule has 0 saturated carbocycles. The number of carbonyl (C=O) groups is 2. The van der Waals surface area contributed by atoms with Crippen molar-refractivity contribution < 1.29 is 9.59 Å². The van der Waals surface area contributed by atoms with Gasteiger partial charge in [-0.1, -0.05) is 31.5 Å². The molecule has 0 saturated heterocycles. The molecule has 2 amide bonds. The van der Waals surface area contributed by atoms with Gasteiger partial charge in [0.15, 0.2) is 0 Å². The minimum absolute atomic E-state index is 0.0626. The molecule has 0 aliphatic carbocycles. The molecule has 1 aromatic heterocycles. The first-order valence-corrected chi connectivity index (χ1v) is 10.9. The number of para-hydroxylation sites is 1. The molecule has 0 spiro atoms. The molecule has 0 fully saturated rings. The van der Waals surface area contributed by atoms with Gasteiger partial charge in [0.25, 0.3) is 5.91 Å². The summed E-state index contributed by atoms with van der Waals surface area (Å²) in [5, 5.41) is 2.98. The van der Waals surface area contributed by atoms with Gasteiger partial charge in [-0.15, -0.1) is 0 Å². The summed E-state index contributed by atoms with van der Waals surface area (Å²) >= 11 is 0. The summed E-state index contributed by atoms with van der Waals surface area (Å²) in [7, 11) is 2.11. The molecule has 2 heterocycles. The predicted octanol–water partition coefficient (Wildman–Crippen LogP) is 2.64. The van der Waals surface area contributed by atoms with Gasteiger partial charge in [0, 0.05) is 31.2 Å². The maximum absolute atomic E-state index is 13.4. The molecule has 0 radical (unpaired) electrons. The second-order valence-electron chi connectivity index (χ2n) is 7.96. The summed E-state index contributed by atoms with van der Waals surface area (Å²) in [6.45, 7) is 5.49. The van der Waals surface area contributed by atoms with Gasteiger partial charge >= 0.3 is 0 Å². The largest absolute Gasteiger partial charge is 0.356 e. The van der Waals surface area contributed by atoms with Gasteiger partial charge < -0.3 is 19.7 Å². The molecule has 7 nitrogen and oxygen atoms in total. The number of carbonyl (C=O) groups excluding carboxylic acids is 2. The first-order chi connectivity index (χ1) is 14.6. The van der Waals surface area contributed by atoms with E-state index in [1.54, 1.807) is 28.2 Å². The molecule has 1 aromatic carbocycles. The Morgan fingerprint density at radius 3 is 2.80 bits per heavy atom. The van der Waals surface area contributed by atoms with Crippen LogP contribution in [0.3, 0.4) is 0 Å². The fourth-order valence-electron chi connectivity index (χ4n) is 3.89. The van der Waals surface area contributed by atoms with E-state index >= 15 is 0 Å². The lowest BCUT2D eigenvalue weighted by atomic mass is 10.1. The summed E-state index contributed by atoms with van der Waals surface area (Å²) in [6.07, 6.45) is 9.23. The highest BCUT2D eigenvalue weighted by atomic mass is 16.2. The summed E-state index contributed by atoms with van der Waals surface area (Å²) in [5.74, 6) is -0.168. The molecule has 7 heteroatoms. The highest BCUT2D eigenvalue weighted by molar-refractivity contribution is 6.00. The van der Waals surface area contributed by atoms with Crippen LogP contribution in [-0.2, 0) is 16.0 Å². The van der Waals surface area contributed by atoms with Crippen LogP contribution in [0.1, 0.15) is 44.2 Å². The zero-order valence-corrected chi connectivity index (χ0v) is 18.1. The second kappa shape index (κ2) is 10.9. The quantitative estimate of drug-likeness (QED) is 0.577. The number of hydrogen-bond acceptors (Lipinski definition) is 4. The van der Waals surface area contributed by atoms with Crippen LogP contribution in [0.15, 0.2) is 43.0 Å². The van der Waals surface area contributed by atoms with E-state index in [1.807, 2.05) is 18.2 Å². The van der Waals surface area contributed by atoms with Crippen molar-refractivity contribution in [3.63, 3.8) is 0 Å². The van der Waals surface area contributed by atoms with Crippen LogP contribution < -0.4 is 10.2 Å². The first-order valence-electron chi connectivity index (χ1n) is 10.9. The lowest BCUT2D eigenvalue weighted by molar-refractivity contribution is -0.128. The molecule has 1 N–H and O–H groups in total. The van der Waals surface area contributed by atoms with E-state index in [4.69, 9.17) is 0 Å². The van der Waals surface area contributed by atoms with Crippen LogP contribution in [0, 0.1) is 0 Å². The monoisotopic (exact) mass is 411 g/mol. The van der Waals surface area contributed by atoms with Crippen molar-refractivity contribution in [3.05, 3.63) is 48.5 Å². The number of nitrogens with one attached hydrogen (secondary N) is 1. The standard InChI is InChI=1S/C23H33N5O2/c1-3-4-13-26(2)14-7-11-25-22(29)17-21(27-16-12-24-18-27)23(30)28-15-10-19-8-5-6-9-20(19)28/h5-6,8-9,12,16,18,21H,3-4,7,10-11,13-15,17H2,1-2H3,(H,25,29). The summed E-state index contributed by atoms with van der Waals surface area (Å²) < 4.78 is 1.74. The van der Waals surface area contributed by atoms with Crippen molar-refractivity contribution in [2.24, 2.45) is 0 Å². The lowest BCUT2D eigenvalue weighted by Gasteiger charge is -2.25. The maximum Gasteiger partial charge on any atom is 0.250 e. The number of unbranched alkanes of at least 4 members (excludes halogenated alkanes) is 1. The Bertz CT molecular complexity index is 821. The van der Waals surface area contributed by atoms with Gasteiger partial charge in [0.2, 0.25) is 5.91 Å². The van der Waals surface area contributed by atoms with Gasteiger partial charge in [-0.25, -0.2) is 4.98 Å². The van der Waals surface area contributed by atoms with E-state index in [0.29, 0.717) is 13.1 Å². The molecule has 1 aliphatic heterocycles. The number of rotatable bonds is 11. The van der Waals surface area contributed by atoms with Gasteiger partial charge in [-0.05, 0) is 51.0 Å². The van der Waals surface area contributed by atoms with E-state index in [0.717, 1.165) is 31.6 Å². The fraction of sp³-hybridized carbons (Fsp3) is 0.522. The average Bonchev–Trinajstić information content (AvgIpc) is 3.43. The smallest absolute Gasteiger partial charge is 0.250 e. The van der Waals surface area contributed by atoms with Crippen LogP contribution >= 0.6 is 0 Å². The van der Waals surface area contributed by atoms with Crippen LogP contribution in [0.2, 0.25) is 0 Å². The molecule has 3 rings (SSSR count). The Kier molecular flexibility index (Phi) is 8.02. The molecule has 2 aromatic rings. The summed E-state index contributed by atoms with van der Waals surface area (Å²) in [5.41, 5.74) is 2.12. The predicted molar refractivity (Wildman–Crippen MR) is 118 cm³/mol. The molecule has 162 valence electrons. The van der Waals surface area contributed by atoms with Crippen molar-refractivity contribution in [1.82, 2.24) is 19.8 Å². The third kappa shape index (κ3) is 5.69. The first kappa shape index (κ1) is 22.0. The minimum Gasteiger partial charge on any atom is -0.356 e. The molecule has 1 atom stereocenters. The summed E-state index contributed by atoms with van der Waals surface area (Å²) in [6, 6.07) is 7.37. The fourth-order valence-corrected chi connectivity index (χ4v) is 3.89. The summed E-state index contributed by atoms with van der Waals surface area (Å²) in [4.78, 5) is 34.1. The van der Waals surface area contributed by atoms with Crippen molar-refractivity contribution in [3.8, 4) is 0 Å². The topological polar surface area (TPSA) is 70.5 Å². The number of hydrogen-bond donors (Lipinski definition) is 1. The number of aromatic nitrogens is 2. The Labute approximate surface area is 179 Å². The Morgan fingerprint density at radius 1 is 1.23 bits per heavy atom. The highest BCUT2D eigenvalue weighted by Gasteiger charge is 2.32. The number of fused-ring (bicyclic) bond motifs is 1. The van der Waals surface area contributed by atoms with Crippen molar-refractivity contribution in [2.75, 3.05) is 38.1 Å². The third-order valence-corrected chi connectivity index (χ3v) is 5.63. The number of benzene rings is 1. The number of amides is 2. The molecular weight excluding hydrogens is 378 g/mol. The normalized spacial score (nSPS) is 14.0.